The Bertz CT molecular complexity index is 1190. The fourth-order valence-electron chi connectivity index (χ4n) is 6.78. The summed E-state index contributed by atoms with van der Waals surface area (Å²) in [6, 6.07) is 8.17. The van der Waals surface area contributed by atoms with Gasteiger partial charge in [0.2, 0.25) is 0 Å². The molecule has 46 heavy (non-hydrogen) atoms. The summed E-state index contributed by atoms with van der Waals surface area (Å²) in [5.74, 6) is -0.605. The molecule has 0 spiro atoms. The fraction of sp³-hybridized carbons (Fsp3) is 0.806. The molecule has 0 aliphatic carbocycles. The van der Waals surface area contributed by atoms with E-state index in [1.165, 1.54) is 7.11 Å². The van der Waals surface area contributed by atoms with Gasteiger partial charge in [-0.2, -0.15) is 0 Å². The van der Waals surface area contributed by atoms with Crippen molar-refractivity contribution in [2.24, 2.45) is 28.0 Å². The van der Waals surface area contributed by atoms with Crippen LogP contribution in [0.2, 0.25) is 0 Å². The van der Waals surface area contributed by atoms with Crippen molar-refractivity contribution in [3.63, 3.8) is 0 Å². The SMILES string of the molecule is CCC1OC(OC)[C@H](N=[N+]=[N-])[C@H](OCc2ccccc2)C1O[C@H]1O[C@@H](CO)[C@@H](OC2OC(C)C(OC)[C@H](C)[C@H]2N=[N+]=[N-])C(C)C1C. The Hall–Kier alpha value is -2.52. The standard InChI is InChI=1S/C31H48N6O9/c1-8-21-27(28(24(35-37-33)30(40-7)43-21)41-15-20-12-10-9-11-13-20)46-29-17(3)16(2)26(22(14-38)44-29)45-31-23(34-36-32)18(4)25(39-6)19(5)42-31/h9-13,16-19,21-31,38H,8,14-15H2,1-7H3/t16?,17?,18-,19?,21?,22+,23-,24-,25?,26+,27?,28+,29-,30?,31?/m1/s1. The minimum Gasteiger partial charge on any atom is -0.394 e. The number of hydrogen-bond donors (Lipinski definition) is 1. The Morgan fingerprint density at radius 1 is 0.739 bits per heavy atom. The summed E-state index contributed by atoms with van der Waals surface area (Å²) < 4.78 is 49.5. The first-order valence-electron chi connectivity index (χ1n) is 15.9. The summed E-state index contributed by atoms with van der Waals surface area (Å²) in [4.78, 5) is 6.08. The van der Waals surface area contributed by atoms with Gasteiger partial charge in [-0.05, 0) is 41.8 Å². The summed E-state index contributed by atoms with van der Waals surface area (Å²) >= 11 is 0. The summed E-state index contributed by atoms with van der Waals surface area (Å²) in [5.41, 5.74) is 19.7. The Morgan fingerprint density at radius 2 is 1.39 bits per heavy atom. The van der Waals surface area contributed by atoms with Crippen LogP contribution in [0.25, 0.3) is 20.9 Å². The van der Waals surface area contributed by atoms with Crippen molar-refractivity contribution in [1.29, 1.82) is 0 Å². The molecule has 8 unspecified atom stereocenters. The lowest BCUT2D eigenvalue weighted by molar-refractivity contribution is -0.350. The topological polar surface area (TPSA) is 192 Å². The van der Waals surface area contributed by atoms with Gasteiger partial charge in [-0.15, -0.1) is 0 Å². The highest BCUT2D eigenvalue weighted by Gasteiger charge is 2.52. The summed E-state index contributed by atoms with van der Waals surface area (Å²) in [7, 11) is 3.09. The van der Waals surface area contributed by atoms with Crippen molar-refractivity contribution in [1.82, 2.24) is 0 Å². The molecule has 0 bridgehead atoms. The van der Waals surface area contributed by atoms with Crippen molar-refractivity contribution < 1.29 is 43.0 Å². The van der Waals surface area contributed by atoms with Gasteiger partial charge < -0.3 is 43.0 Å². The summed E-state index contributed by atoms with van der Waals surface area (Å²) in [6.07, 6.45) is -5.84. The van der Waals surface area contributed by atoms with E-state index in [1.54, 1.807) is 7.11 Å². The molecule has 0 saturated carbocycles. The molecule has 3 saturated heterocycles. The average molecular weight is 649 g/mol. The molecule has 0 aromatic heterocycles. The molecule has 1 aromatic carbocycles. The zero-order chi connectivity index (χ0) is 33.4. The maximum Gasteiger partial charge on any atom is 0.168 e. The quantitative estimate of drug-likeness (QED) is 0.177. The van der Waals surface area contributed by atoms with Crippen LogP contribution >= 0.6 is 0 Å². The number of hydrogen-bond acceptors (Lipinski definition) is 11. The van der Waals surface area contributed by atoms with Crippen LogP contribution < -0.4 is 0 Å². The largest absolute Gasteiger partial charge is 0.394 e. The number of methoxy groups -OCH3 is 2. The van der Waals surface area contributed by atoms with Crippen LogP contribution in [0.15, 0.2) is 40.6 Å². The smallest absolute Gasteiger partial charge is 0.168 e. The average Bonchev–Trinajstić information content (AvgIpc) is 3.06. The highest BCUT2D eigenvalue weighted by atomic mass is 16.7. The van der Waals surface area contributed by atoms with E-state index in [0.29, 0.717) is 6.42 Å². The van der Waals surface area contributed by atoms with E-state index >= 15 is 0 Å². The van der Waals surface area contributed by atoms with E-state index in [1.807, 2.05) is 65.0 Å². The molecule has 1 aromatic rings. The van der Waals surface area contributed by atoms with Crippen molar-refractivity contribution in [3.8, 4) is 0 Å². The molecule has 3 heterocycles. The predicted molar refractivity (Wildman–Crippen MR) is 165 cm³/mol. The number of rotatable bonds is 13. The van der Waals surface area contributed by atoms with Crippen LogP contribution in [0, 0.1) is 17.8 Å². The molecule has 1 N–H and O–H groups in total. The number of ether oxygens (including phenoxy) is 8. The minimum absolute atomic E-state index is 0.180. The maximum absolute atomic E-state index is 10.5. The van der Waals surface area contributed by atoms with E-state index in [9.17, 15) is 16.2 Å². The molecule has 0 amide bonds. The Balaban J connectivity index is 1.56. The number of azide groups is 2. The zero-order valence-corrected chi connectivity index (χ0v) is 27.6. The Labute approximate surface area is 270 Å². The second kappa shape index (κ2) is 17.0. The third-order valence-corrected chi connectivity index (χ3v) is 9.54. The van der Waals surface area contributed by atoms with Crippen LogP contribution in [-0.2, 0) is 44.5 Å². The number of aliphatic hydroxyl groups is 1. The van der Waals surface area contributed by atoms with E-state index < -0.39 is 61.5 Å². The number of aliphatic hydroxyl groups excluding tert-OH is 1. The molecule has 3 aliphatic heterocycles. The van der Waals surface area contributed by atoms with Crippen LogP contribution in [-0.4, -0.2) is 99.6 Å². The predicted octanol–water partition coefficient (Wildman–Crippen LogP) is 4.87. The highest BCUT2D eigenvalue weighted by Crippen LogP contribution is 2.40. The van der Waals surface area contributed by atoms with Crippen molar-refractivity contribution in [2.45, 2.75) is 121 Å². The molecule has 0 radical (unpaired) electrons. The maximum atomic E-state index is 10.5. The Kier molecular flexibility index (Phi) is 13.5. The van der Waals surface area contributed by atoms with Gasteiger partial charge in [0.05, 0.1) is 43.7 Å². The molecule has 3 fully saturated rings. The summed E-state index contributed by atoms with van der Waals surface area (Å²) in [6.45, 7) is 9.64. The van der Waals surface area contributed by atoms with Crippen molar-refractivity contribution >= 4 is 0 Å². The van der Waals surface area contributed by atoms with Crippen molar-refractivity contribution in [3.05, 3.63) is 56.8 Å². The molecular formula is C31H48N6O9. The second-order valence-corrected chi connectivity index (χ2v) is 12.3. The van der Waals surface area contributed by atoms with E-state index in [4.69, 9.17) is 37.9 Å². The van der Waals surface area contributed by atoms with E-state index in [-0.39, 0.29) is 43.2 Å². The lowest BCUT2D eigenvalue weighted by Crippen LogP contribution is -2.62. The first kappa shape index (κ1) is 36.3. The molecule has 3 aliphatic rings. The number of nitrogens with zero attached hydrogens (tertiary/aromatic N) is 6. The lowest BCUT2D eigenvalue weighted by atomic mass is 9.84. The first-order chi connectivity index (χ1) is 22.2. The molecule has 15 heteroatoms. The van der Waals surface area contributed by atoms with Gasteiger partial charge in [-0.3, -0.25) is 0 Å². The van der Waals surface area contributed by atoms with Gasteiger partial charge in [-0.25, -0.2) is 0 Å². The lowest BCUT2D eigenvalue weighted by Gasteiger charge is -2.50. The first-order valence-corrected chi connectivity index (χ1v) is 15.9. The highest BCUT2D eigenvalue weighted by molar-refractivity contribution is 5.13. The van der Waals surface area contributed by atoms with Gasteiger partial charge >= 0.3 is 0 Å². The normalized spacial score (nSPS) is 41.3. The van der Waals surface area contributed by atoms with Crippen LogP contribution in [0.3, 0.4) is 0 Å². The molecule has 15 nitrogen and oxygen atoms in total. The van der Waals surface area contributed by atoms with Crippen LogP contribution in [0.1, 0.15) is 46.6 Å². The number of benzene rings is 1. The van der Waals surface area contributed by atoms with E-state index in [0.717, 1.165) is 5.56 Å². The Morgan fingerprint density at radius 3 is 2.00 bits per heavy atom. The molecular weight excluding hydrogens is 600 g/mol. The third-order valence-electron chi connectivity index (χ3n) is 9.54. The fourth-order valence-corrected chi connectivity index (χ4v) is 6.78. The molecule has 256 valence electrons. The van der Waals surface area contributed by atoms with Gasteiger partial charge in [0.25, 0.3) is 0 Å². The van der Waals surface area contributed by atoms with Gasteiger partial charge in [-0.1, -0.05) is 68.3 Å². The monoisotopic (exact) mass is 648 g/mol. The summed E-state index contributed by atoms with van der Waals surface area (Å²) in [5, 5.41) is 18.5. The minimum atomic E-state index is -0.871. The van der Waals surface area contributed by atoms with Gasteiger partial charge in [0.15, 0.2) is 18.9 Å². The second-order valence-electron chi connectivity index (χ2n) is 12.3. The van der Waals surface area contributed by atoms with Gasteiger partial charge in [0, 0.05) is 30.0 Å². The van der Waals surface area contributed by atoms with Crippen LogP contribution in [0.5, 0.6) is 0 Å². The van der Waals surface area contributed by atoms with Crippen molar-refractivity contribution in [2.75, 3.05) is 20.8 Å². The third kappa shape index (κ3) is 7.95. The van der Waals surface area contributed by atoms with Gasteiger partial charge in [0.1, 0.15) is 24.4 Å². The molecule has 4 rings (SSSR count). The van der Waals surface area contributed by atoms with E-state index in [2.05, 4.69) is 20.1 Å². The zero-order valence-electron chi connectivity index (χ0n) is 27.6. The molecule has 15 atom stereocenters. The van der Waals surface area contributed by atoms with Crippen LogP contribution in [0.4, 0.5) is 0 Å².